The molecule has 0 radical (unpaired) electrons. The summed E-state index contributed by atoms with van der Waals surface area (Å²) in [5, 5.41) is 2.96. The van der Waals surface area contributed by atoms with Crippen LogP contribution in [0, 0.1) is 5.92 Å². The number of ether oxygens (including phenoxy) is 2. The van der Waals surface area contributed by atoms with Crippen molar-refractivity contribution in [1.82, 2.24) is 10.2 Å². The monoisotopic (exact) mass is 374 g/mol. The molecule has 27 heavy (non-hydrogen) atoms. The number of rotatable bonds is 9. The van der Waals surface area contributed by atoms with Crippen molar-refractivity contribution in [2.24, 2.45) is 5.92 Å². The highest BCUT2D eigenvalue weighted by atomic mass is 16.5. The third-order valence-electron chi connectivity index (χ3n) is 4.67. The van der Waals surface area contributed by atoms with Crippen LogP contribution in [0.1, 0.15) is 45.6 Å². The van der Waals surface area contributed by atoms with Gasteiger partial charge in [-0.05, 0) is 75.9 Å². The second-order valence-electron chi connectivity index (χ2n) is 7.60. The molecule has 1 aliphatic heterocycles. The lowest BCUT2D eigenvalue weighted by Gasteiger charge is -2.30. The third kappa shape index (κ3) is 7.63. The highest BCUT2D eigenvalue weighted by Gasteiger charge is 2.15. The standard InChI is InChI=1S/C22H34N2O3/c1-17(2)27-20-10-8-19(15-21(20)26-4)9-11-22(25)23-12-6-14-24-13-5-7-18(3)16-24/h8-11,15,17-18H,5-7,12-14,16H2,1-4H3,(H,23,25)/b11-9+. The van der Waals surface area contributed by atoms with Gasteiger partial charge in [-0.2, -0.15) is 0 Å². The average molecular weight is 375 g/mol. The number of nitrogens with one attached hydrogen (secondary N) is 1. The Labute approximate surface area is 163 Å². The van der Waals surface area contributed by atoms with Crippen molar-refractivity contribution in [3.63, 3.8) is 0 Å². The fourth-order valence-corrected chi connectivity index (χ4v) is 3.37. The minimum Gasteiger partial charge on any atom is -0.493 e. The van der Waals surface area contributed by atoms with Gasteiger partial charge < -0.3 is 19.7 Å². The first kappa shape index (κ1) is 21.3. The van der Waals surface area contributed by atoms with Gasteiger partial charge in [0.25, 0.3) is 0 Å². The maximum Gasteiger partial charge on any atom is 0.243 e. The van der Waals surface area contributed by atoms with Crippen LogP contribution in [0.4, 0.5) is 0 Å². The fourth-order valence-electron chi connectivity index (χ4n) is 3.37. The summed E-state index contributed by atoms with van der Waals surface area (Å²) in [5.74, 6) is 2.11. The molecule has 0 saturated carbocycles. The molecule has 1 aliphatic rings. The highest BCUT2D eigenvalue weighted by molar-refractivity contribution is 5.91. The van der Waals surface area contributed by atoms with Crippen LogP contribution < -0.4 is 14.8 Å². The average Bonchev–Trinajstić information content (AvgIpc) is 2.64. The van der Waals surface area contributed by atoms with Gasteiger partial charge in [0.2, 0.25) is 5.91 Å². The van der Waals surface area contributed by atoms with Crippen molar-refractivity contribution in [2.75, 3.05) is 33.3 Å². The SMILES string of the molecule is COc1cc(/C=C/C(=O)NCCCN2CCCC(C)C2)ccc1OC(C)C. The van der Waals surface area contributed by atoms with Crippen molar-refractivity contribution in [3.05, 3.63) is 29.8 Å². The lowest BCUT2D eigenvalue weighted by atomic mass is 10.0. The topological polar surface area (TPSA) is 50.8 Å². The Morgan fingerprint density at radius 1 is 1.37 bits per heavy atom. The molecule has 1 N–H and O–H groups in total. The lowest BCUT2D eigenvalue weighted by molar-refractivity contribution is -0.116. The second kappa shape index (κ2) is 11.0. The van der Waals surface area contributed by atoms with E-state index < -0.39 is 0 Å². The molecular weight excluding hydrogens is 340 g/mol. The van der Waals surface area contributed by atoms with Crippen LogP contribution in [0.2, 0.25) is 0 Å². The Morgan fingerprint density at radius 2 is 2.19 bits per heavy atom. The lowest BCUT2D eigenvalue weighted by Crippen LogP contribution is -2.36. The molecule has 1 aromatic rings. The molecule has 1 amide bonds. The molecule has 1 atom stereocenters. The zero-order valence-electron chi connectivity index (χ0n) is 17.2. The van der Waals surface area contributed by atoms with Crippen LogP contribution in [0.5, 0.6) is 11.5 Å². The molecule has 0 spiro atoms. The first-order chi connectivity index (χ1) is 13.0. The van der Waals surface area contributed by atoms with E-state index in [1.165, 1.54) is 25.9 Å². The van der Waals surface area contributed by atoms with Gasteiger partial charge in [0.15, 0.2) is 11.5 Å². The summed E-state index contributed by atoms with van der Waals surface area (Å²) in [7, 11) is 1.62. The normalized spacial score (nSPS) is 18.0. The molecule has 150 valence electrons. The maximum atomic E-state index is 12.0. The number of methoxy groups -OCH3 is 1. The van der Waals surface area contributed by atoms with Crippen LogP contribution in [0.15, 0.2) is 24.3 Å². The van der Waals surface area contributed by atoms with Crippen molar-refractivity contribution >= 4 is 12.0 Å². The molecule has 2 rings (SSSR count). The summed E-state index contributed by atoms with van der Waals surface area (Å²) in [6.45, 7) is 10.4. The maximum absolute atomic E-state index is 12.0. The van der Waals surface area contributed by atoms with Gasteiger partial charge in [0.1, 0.15) is 0 Å². The fraction of sp³-hybridized carbons (Fsp3) is 0.591. The first-order valence-corrected chi connectivity index (χ1v) is 10.0. The van der Waals surface area contributed by atoms with E-state index in [0.717, 1.165) is 24.4 Å². The Morgan fingerprint density at radius 3 is 2.89 bits per heavy atom. The number of carbonyl (C=O) groups excluding carboxylic acids is 1. The molecule has 1 saturated heterocycles. The summed E-state index contributed by atoms with van der Waals surface area (Å²) in [5.41, 5.74) is 0.903. The van der Waals surface area contributed by atoms with Gasteiger partial charge in [-0.3, -0.25) is 4.79 Å². The van der Waals surface area contributed by atoms with Crippen LogP contribution in [-0.2, 0) is 4.79 Å². The number of hydrogen-bond acceptors (Lipinski definition) is 4. The molecule has 0 aromatic heterocycles. The molecule has 1 fully saturated rings. The van der Waals surface area contributed by atoms with Crippen LogP contribution in [0.25, 0.3) is 6.08 Å². The number of likely N-dealkylation sites (tertiary alicyclic amines) is 1. The quantitative estimate of drug-likeness (QED) is 0.528. The van der Waals surface area contributed by atoms with E-state index in [9.17, 15) is 4.79 Å². The Hall–Kier alpha value is -2.01. The molecule has 1 heterocycles. The molecule has 1 unspecified atom stereocenters. The smallest absolute Gasteiger partial charge is 0.243 e. The second-order valence-corrected chi connectivity index (χ2v) is 7.60. The van der Waals surface area contributed by atoms with Crippen molar-refractivity contribution in [2.45, 2.75) is 46.1 Å². The van der Waals surface area contributed by atoms with Gasteiger partial charge in [0, 0.05) is 19.2 Å². The van der Waals surface area contributed by atoms with E-state index in [2.05, 4.69) is 17.1 Å². The predicted molar refractivity (Wildman–Crippen MR) is 110 cm³/mol. The first-order valence-electron chi connectivity index (χ1n) is 10.0. The number of nitrogens with zero attached hydrogens (tertiary/aromatic N) is 1. The van der Waals surface area contributed by atoms with Crippen LogP contribution in [-0.4, -0.2) is 50.2 Å². The zero-order valence-corrected chi connectivity index (χ0v) is 17.2. The minimum absolute atomic E-state index is 0.0662. The molecule has 5 heteroatoms. The molecule has 0 bridgehead atoms. The van der Waals surface area contributed by atoms with Gasteiger partial charge in [-0.25, -0.2) is 0 Å². The van der Waals surface area contributed by atoms with Crippen molar-refractivity contribution in [3.8, 4) is 11.5 Å². The Kier molecular flexibility index (Phi) is 8.65. The number of amides is 1. The summed E-state index contributed by atoms with van der Waals surface area (Å²) in [4.78, 5) is 14.5. The van der Waals surface area contributed by atoms with E-state index in [-0.39, 0.29) is 12.0 Å². The minimum atomic E-state index is -0.0662. The largest absolute Gasteiger partial charge is 0.493 e. The summed E-state index contributed by atoms with van der Waals surface area (Å²) in [6, 6.07) is 5.66. The van der Waals surface area contributed by atoms with Crippen molar-refractivity contribution in [1.29, 1.82) is 0 Å². The van der Waals surface area contributed by atoms with E-state index >= 15 is 0 Å². The highest BCUT2D eigenvalue weighted by Crippen LogP contribution is 2.29. The third-order valence-corrected chi connectivity index (χ3v) is 4.67. The number of hydrogen-bond donors (Lipinski definition) is 1. The summed E-state index contributed by atoms with van der Waals surface area (Å²) >= 11 is 0. The van der Waals surface area contributed by atoms with Gasteiger partial charge in [-0.15, -0.1) is 0 Å². The van der Waals surface area contributed by atoms with Gasteiger partial charge in [0.05, 0.1) is 13.2 Å². The molecule has 0 aliphatic carbocycles. The number of benzene rings is 1. The zero-order chi connectivity index (χ0) is 19.6. The van der Waals surface area contributed by atoms with E-state index in [0.29, 0.717) is 18.0 Å². The van der Waals surface area contributed by atoms with E-state index in [1.54, 1.807) is 19.3 Å². The summed E-state index contributed by atoms with van der Waals surface area (Å²) in [6.07, 6.45) is 7.07. The van der Waals surface area contributed by atoms with Crippen LogP contribution in [0.3, 0.4) is 0 Å². The van der Waals surface area contributed by atoms with Gasteiger partial charge >= 0.3 is 0 Å². The number of piperidine rings is 1. The summed E-state index contributed by atoms with van der Waals surface area (Å²) < 4.78 is 11.1. The van der Waals surface area contributed by atoms with E-state index in [1.807, 2.05) is 32.0 Å². The van der Waals surface area contributed by atoms with Crippen molar-refractivity contribution < 1.29 is 14.3 Å². The predicted octanol–water partition coefficient (Wildman–Crippen LogP) is 3.73. The Balaban J connectivity index is 1.75. The Bertz CT molecular complexity index is 628. The molecule has 5 nitrogen and oxygen atoms in total. The van der Waals surface area contributed by atoms with Crippen LogP contribution >= 0.6 is 0 Å². The number of carbonyl (C=O) groups is 1. The van der Waals surface area contributed by atoms with E-state index in [4.69, 9.17) is 9.47 Å². The van der Waals surface area contributed by atoms with Gasteiger partial charge in [-0.1, -0.05) is 13.0 Å². The molecule has 1 aromatic carbocycles. The molecular formula is C22H34N2O3.